The van der Waals surface area contributed by atoms with E-state index in [1.165, 1.54) is 0 Å². The summed E-state index contributed by atoms with van der Waals surface area (Å²) in [6.45, 7) is 2.04. The highest BCUT2D eigenvalue weighted by molar-refractivity contribution is 7.90. The fraction of sp³-hybridized carbons (Fsp3) is 0.278. The van der Waals surface area contributed by atoms with Crippen molar-refractivity contribution in [2.45, 2.75) is 24.0 Å². The molecule has 0 heterocycles. The SMILES string of the molecule is C[C@@H]1C[C@@H]1C(=O)Nc1ccccc1CS(=O)(=O)c1ccccc1. The first-order chi connectivity index (χ1) is 11.0. The summed E-state index contributed by atoms with van der Waals surface area (Å²) in [5.41, 5.74) is 1.19. The van der Waals surface area contributed by atoms with Crippen LogP contribution in [0, 0.1) is 11.8 Å². The molecule has 0 unspecified atom stereocenters. The normalized spacial score (nSPS) is 20.0. The van der Waals surface area contributed by atoms with Gasteiger partial charge >= 0.3 is 0 Å². The maximum Gasteiger partial charge on any atom is 0.227 e. The third-order valence-corrected chi connectivity index (χ3v) is 5.85. The fourth-order valence-corrected chi connectivity index (χ4v) is 4.00. The van der Waals surface area contributed by atoms with Crippen LogP contribution in [-0.2, 0) is 20.4 Å². The molecule has 1 aliphatic rings. The third-order valence-electron chi connectivity index (χ3n) is 4.17. The molecule has 2 aromatic rings. The van der Waals surface area contributed by atoms with Gasteiger partial charge < -0.3 is 5.32 Å². The zero-order valence-corrected chi connectivity index (χ0v) is 13.7. The van der Waals surface area contributed by atoms with Crippen molar-refractivity contribution < 1.29 is 13.2 Å². The molecule has 23 heavy (non-hydrogen) atoms. The summed E-state index contributed by atoms with van der Waals surface area (Å²) in [5.74, 6) is 0.305. The second-order valence-electron chi connectivity index (χ2n) is 6.04. The van der Waals surface area contributed by atoms with E-state index in [2.05, 4.69) is 5.32 Å². The molecule has 0 aromatic heterocycles. The van der Waals surface area contributed by atoms with Gasteiger partial charge in [-0.1, -0.05) is 43.3 Å². The summed E-state index contributed by atoms with van der Waals surface area (Å²) in [4.78, 5) is 12.4. The second kappa shape index (κ2) is 6.16. The van der Waals surface area contributed by atoms with E-state index in [0.29, 0.717) is 17.2 Å². The lowest BCUT2D eigenvalue weighted by atomic mass is 10.2. The molecule has 3 rings (SSSR count). The van der Waals surface area contributed by atoms with E-state index in [0.717, 1.165) is 6.42 Å². The molecule has 1 N–H and O–H groups in total. The van der Waals surface area contributed by atoms with E-state index >= 15 is 0 Å². The maximum atomic E-state index is 12.5. The molecule has 0 radical (unpaired) electrons. The summed E-state index contributed by atoms with van der Waals surface area (Å²) >= 11 is 0. The van der Waals surface area contributed by atoms with E-state index < -0.39 is 9.84 Å². The number of rotatable bonds is 5. The highest BCUT2D eigenvalue weighted by Gasteiger charge is 2.39. The molecule has 1 aliphatic carbocycles. The smallest absolute Gasteiger partial charge is 0.227 e. The van der Waals surface area contributed by atoms with Gasteiger partial charge in [0.05, 0.1) is 10.6 Å². The summed E-state index contributed by atoms with van der Waals surface area (Å²) in [6.07, 6.45) is 0.899. The van der Waals surface area contributed by atoms with Crippen molar-refractivity contribution in [3.8, 4) is 0 Å². The molecule has 0 spiro atoms. The van der Waals surface area contributed by atoms with Crippen LogP contribution in [0.2, 0.25) is 0 Å². The predicted octanol–water partition coefficient (Wildman–Crippen LogP) is 3.26. The van der Waals surface area contributed by atoms with Gasteiger partial charge in [0.1, 0.15) is 0 Å². The molecule has 2 atom stereocenters. The van der Waals surface area contributed by atoms with Gasteiger partial charge in [-0.25, -0.2) is 8.42 Å². The quantitative estimate of drug-likeness (QED) is 0.916. The lowest BCUT2D eigenvalue weighted by molar-refractivity contribution is -0.117. The molecule has 0 saturated heterocycles. The zero-order chi connectivity index (χ0) is 16.4. The molecule has 0 bridgehead atoms. The Hall–Kier alpha value is -2.14. The molecule has 1 saturated carbocycles. The minimum absolute atomic E-state index is 0.0259. The molecule has 4 nitrogen and oxygen atoms in total. The minimum Gasteiger partial charge on any atom is -0.326 e. The van der Waals surface area contributed by atoms with Crippen molar-refractivity contribution in [3.63, 3.8) is 0 Å². The predicted molar refractivity (Wildman–Crippen MR) is 89.7 cm³/mol. The average Bonchev–Trinajstić information content (AvgIpc) is 3.27. The average molecular weight is 329 g/mol. The highest BCUT2D eigenvalue weighted by atomic mass is 32.2. The van der Waals surface area contributed by atoms with Crippen LogP contribution in [0.5, 0.6) is 0 Å². The van der Waals surface area contributed by atoms with Crippen LogP contribution in [0.3, 0.4) is 0 Å². The molecule has 0 aliphatic heterocycles. The lowest BCUT2D eigenvalue weighted by Crippen LogP contribution is -2.16. The topological polar surface area (TPSA) is 63.2 Å². The number of carbonyl (C=O) groups is 1. The van der Waals surface area contributed by atoms with Crippen LogP contribution in [-0.4, -0.2) is 14.3 Å². The Morgan fingerprint density at radius 3 is 2.35 bits per heavy atom. The van der Waals surface area contributed by atoms with Crippen molar-refractivity contribution in [1.82, 2.24) is 0 Å². The number of amides is 1. The number of sulfone groups is 1. The maximum absolute atomic E-state index is 12.5. The number of para-hydroxylation sites is 1. The summed E-state index contributed by atoms with van der Waals surface area (Å²) < 4.78 is 25.1. The number of carbonyl (C=O) groups excluding carboxylic acids is 1. The summed E-state index contributed by atoms with van der Waals surface area (Å²) in [7, 11) is -3.44. The molecule has 120 valence electrons. The van der Waals surface area contributed by atoms with Crippen LogP contribution in [0.15, 0.2) is 59.5 Å². The summed E-state index contributed by atoms with van der Waals surface area (Å²) in [6, 6.07) is 15.4. The second-order valence-corrected chi connectivity index (χ2v) is 8.03. The summed E-state index contributed by atoms with van der Waals surface area (Å²) in [5, 5.41) is 2.87. The first kappa shape index (κ1) is 15.7. The van der Waals surface area contributed by atoms with Crippen molar-refractivity contribution in [2.24, 2.45) is 11.8 Å². The van der Waals surface area contributed by atoms with E-state index in [1.807, 2.05) is 6.92 Å². The van der Waals surface area contributed by atoms with E-state index in [9.17, 15) is 13.2 Å². The highest BCUT2D eigenvalue weighted by Crippen LogP contribution is 2.38. The van der Waals surface area contributed by atoms with Gasteiger partial charge in [0.25, 0.3) is 0 Å². The Morgan fingerprint density at radius 2 is 1.70 bits per heavy atom. The number of benzene rings is 2. The first-order valence-corrected chi connectivity index (χ1v) is 9.29. The van der Waals surface area contributed by atoms with E-state index in [-0.39, 0.29) is 22.5 Å². The largest absolute Gasteiger partial charge is 0.326 e. The van der Waals surface area contributed by atoms with Crippen molar-refractivity contribution >= 4 is 21.4 Å². The third kappa shape index (κ3) is 3.62. The van der Waals surface area contributed by atoms with Crippen LogP contribution in [0.4, 0.5) is 5.69 Å². The van der Waals surface area contributed by atoms with Gasteiger partial charge in [0.2, 0.25) is 5.91 Å². The van der Waals surface area contributed by atoms with Gasteiger partial charge in [-0.3, -0.25) is 4.79 Å². The van der Waals surface area contributed by atoms with E-state index in [1.54, 1.807) is 54.6 Å². The number of hydrogen-bond acceptors (Lipinski definition) is 3. The van der Waals surface area contributed by atoms with Crippen LogP contribution < -0.4 is 5.32 Å². The van der Waals surface area contributed by atoms with Gasteiger partial charge in [-0.2, -0.15) is 0 Å². The molecule has 1 fully saturated rings. The van der Waals surface area contributed by atoms with Crippen LogP contribution >= 0.6 is 0 Å². The standard InChI is InChI=1S/C18H19NO3S/c1-13-11-16(13)18(20)19-17-10-6-5-7-14(17)12-23(21,22)15-8-3-2-4-9-15/h2-10,13,16H,11-12H2,1H3,(H,19,20)/t13-,16+/m1/s1. The Morgan fingerprint density at radius 1 is 1.09 bits per heavy atom. The van der Waals surface area contributed by atoms with Gasteiger partial charge in [0.15, 0.2) is 9.84 Å². The lowest BCUT2D eigenvalue weighted by Gasteiger charge is -2.11. The Labute approximate surface area is 136 Å². The molecule has 2 aromatic carbocycles. The molecule has 5 heteroatoms. The number of nitrogens with one attached hydrogen (secondary N) is 1. The van der Waals surface area contributed by atoms with E-state index in [4.69, 9.17) is 0 Å². The fourth-order valence-electron chi connectivity index (χ4n) is 2.60. The van der Waals surface area contributed by atoms with Crippen LogP contribution in [0.1, 0.15) is 18.9 Å². The Bertz CT molecular complexity index is 815. The van der Waals surface area contributed by atoms with Crippen LogP contribution in [0.25, 0.3) is 0 Å². The van der Waals surface area contributed by atoms with Gasteiger partial charge in [0, 0.05) is 11.6 Å². The molecular formula is C18H19NO3S. The number of hydrogen-bond donors (Lipinski definition) is 1. The van der Waals surface area contributed by atoms with Gasteiger partial charge in [-0.15, -0.1) is 0 Å². The van der Waals surface area contributed by atoms with Crippen molar-refractivity contribution in [1.29, 1.82) is 0 Å². The van der Waals surface area contributed by atoms with Crippen molar-refractivity contribution in [2.75, 3.05) is 5.32 Å². The van der Waals surface area contributed by atoms with Gasteiger partial charge in [-0.05, 0) is 36.1 Å². The minimum atomic E-state index is -3.44. The Kier molecular flexibility index (Phi) is 4.22. The Balaban J connectivity index is 1.82. The molecular weight excluding hydrogens is 310 g/mol. The monoisotopic (exact) mass is 329 g/mol. The number of anilines is 1. The van der Waals surface area contributed by atoms with Crippen molar-refractivity contribution in [3.05, 3.63) is 60.2 Å². The molecule has 1 amide bonds. The first-order valence-electron chi connectivity index (χ1n) is 7.64. The zero-order valence-electron chi connectivity index (χ0n) is 12.9.